The van der Waals surface area contributed by atoms with Gasteiger partial charge in [-0.1, -0.05) is 28.9 Å². The van der Waals surface area contributed by atoms with Crippen molar-refractivity contribution in [1.82, 2.24) is 5.32 Å². The molecule has 0 fully saturated rings. The summed E-state index contributed by atoms with van der Waals surface area (Å²) in [6, 6.07) is 11.1. The van der Waals surface area contributed by atoms with E-state index in [0.29, 0.717) is 0 Å². The van der Waals surface area contributed by atoms with E-state index in [-0.39, 0.29) is 6.04 Å². The third-order valence-electron chi connectivity index (χ3n) is 2.68. The van der Waals surface area contributed by atoms with Crippen molar-refractivity contribution in [2.24, 2.45) is 0 Å². The molecule has 4 heteroatoms. The van der Waals surface area contributed by atoms with Crippen molar-refractivity contribution in [1.29, 1.82) is 0 Å². The van der Waals surface area contributed by atoms with Crippen LogP contribution >= 0.6 is 43.2 Å². The smallest absolute Gasteiger partial charge is 0.0702 e. The molecule has 96 valence electrons. The quantitative estimate of drug-likeness (QED) is 0.751. The predicted molar refractivity (Wildman–Crippen MR) is 86.4 cm³/mol. The van der Waals surface area contributed by atoms with Crippen molar-refractivity contribution in [3.63, 3.8) is 0 Å². The molecule has 1 aromatic carbocycles. The fourth-order valence-electron chi connectivity index (χ4n) is 2.00. The molecule has 1 heterocycles. The summed E-state index contributed by atoms with van der Waals surface area (Å²) < 4.78 is 2.31. The Kier molecular flexibility index (Phi) is 5.01. The van der Waals surface area contributed by atoms with Gasteiger partial charge in [-0.2, -0.15) is 0 Å². The first-order valence-electron chi connectivity index (χ1n) is 5.86. The number of hydrogen-bond acceptors (Lipinski definition) is 2. The van der Waals surface area contributed by atoms with Crippen LogP contribution < -0.4 is 5.32 Å². The molecule has 2 rings (SSSR count). The lowest BCUT2D eigenvalue weighted by atomic mass is 10.0. The Bertz CT molecular complexity index is 516. The Hall–Kier alpha value is -0.160. The first-order valence-corrected chi connectivity index (χ1v) is 8.26. The molecule has 0 amide bonds. The molecule has 0 saturated carbocycles. The summed E-state index contributed by atoms with van der Waals surface area (Å²) >= 11 is 8.89. The molecule has 0 aliphatic carbocycles. The molecule has 1 nitrogen and oxygen atoms in total. The second kappa shape index (κ2) is 6.33. The van der Waals surface area contributed by atoms with Crippen molar-refractivity contribution >= 4 is 43.2 Å². The van der Waals surface area contributed by atoms with Crippen LogP contribution in [0.15, 0.2) is 38.6 Å². The highest BCUT2D eigenvalue weighted by Crippen LogP contribution is 2.32. The molecule has 0 aliphatic rings. The SMILES string of the molecule is CCNC(c1cc(C)cc(Br)c1)c1ccc(Br)s1. The van der Waals surface area contributed by atoms with Gasteiger partial charge in [0.2, 0.25) is 0 Å². The van der Waals surface area contributed by atoms with Crippen LogP contribution in [-0.2, 0) is 0 Å². The largest absolute Gasteiger partial charge is 0.306 e. The number of aryl methyl sites for hydroxylation is 1. The summed E-state index contributed by atoms with van der Waals surface area (Å²) in [4.78, 5) is 1.33. The summed E-state index contributed by atoms with van der Waals surface area (Å²) in [5.74, 6) is 0. The van der Waals surface area contributed by atoms with Gasteiger partial charge < -0.3 is 5.32 Å². The fourth-order valence-corrected chi connectivity index (χ4v) is 4.15. The van der Waals surface area contributed by atoms with E-state index in [9.17, 15) is 0 Å². The molecule has 1 atom stereocenters. The van der Waals surface area contributed by atoms with E-state index in [4.69, 9.17) is 0 Å². The standard InChI is InChI=1S/C14H15Br2NS/c1-3-17-14(12-4-5-13(16)18-12)10-6-9(2)7-11(15)8-10/h4-8,14,17H,3H2,1-2H3. The molecule has 0 spiro atoms. The van der Waals surface area contributed by atoms with Gasteiger partial charge in [0.25, 0.3) is 0 Å². The predicted octanol–water partition coefficient (Wildman–Crippen LogP) is 5.28. The van der Waals surface area contributed by atoms with Gasteiger partial charge in [-0.15, -0.1) is 11.3 Å². The zero-order valence-electron chi connectivity index (χ0n) is 10.3. The minimum absolute atomic E-state index is 0.266. The molecule has 1 aromatic heterocycles. The van der Waals surface area contributed by atoms with Crippen molar-refractivity contribution in [2.75, 3.05) is 6.54 Å². The Morgan fingerprint density at radius 3 is 2.56 bits per heavy atom. The first kappa shape index (κ1) is 14.3. The summed E-state index contributed by atoms with van der Waals surface area (Å²) in [6.45, 7) is 5.22. The van der Waals surface area contributed by atoms with Gasteiger partial charge in [-0.3, -0.25) is 0 Å². The molecule has 0 bridgehead atoms. The van der Waals surface area contributed by atoms with E-state index in [1.165, 1.54) is 19.8 Å². The average molecular weight is 389 g/mol. The third kappa shape index (κ3) is 3.44. The lowest BCUT2D eigenvalue weighted by Crippen LogP contribution is -2.21. The maximum atomic E-state index is 3.58. The monoisotopic (exact) mass is 387 g/mol. The molecule has 18 heavy (non-hydrogen) atoms. The lowest BCUT2D eigenvalue weighted by Gasteiger charge is -2.18. The second-order valence-corrected chi connectivity index (χ2v) is 7.60. The molecule has 0 saturated heterocycles. The van der Waals surface area contributed by atoms with Gasteiger partial charge in [0.15, 0.2) is 0 Å². The minimum atomic E-state index is 0.266. The van der Waals surface area contributed by atoms with Crippen LogP contribution in [0.2, 0.25) is 0 Å². The van der Waals surface area contributed by atoms with Crippen molar-refractivity contribution in [3.8, 4) is 0 Å². The summed E-state index contributed by atoms with van der Waals surface area (Å²) in [6.07, 6.45) is 0. The van der Waals surface area contributed by atoms with Gasteiger partial charge in [0.1, 0.15) is 0 Å². The van der Waals surface area contributed by atoms with E-state index in [0.717, 1.165) is 11.0 Å². The Morgan fingerprint density at radius 2 is 2.00 bits per heavy atom. The summed E-state index contributed by atoms with van der Waals surface area (Å²) in [5, 5.41) is 3.55. The lowest BCUT2D eigenvalue weighted by molar-refractivity contribution is 0.639. The second-order valence-electron chi connectivity index (χ2n) is 4.19. The maximum Gasteiger partial charge on any atom is 0.0702 e. The topological polar surface area (TPSA) is 12.0 Å². The number of halogens is 2. The molecule has 0 aliphatic heterocycles. The molecule has 1 unspecified atom stereocenters. The van der Waals surface area contributed by atoms with Crippen LogP contribution in [0.25, 0.3) is 0 Å². The summed E-state index contributed by atoms with van der Waals surface area (Å²) in [7, 11) is 0. The highest BCUT2D eigenvalue weighted by molar-refractivity contribution is 9.11. The number of rotatable bonds is 4. The molecule has 1 N–H and O–H groups in total. The van der Waals surface area contributed by atoms with Crippen molar-refractivity contribution < 1.29 is 0 Å². The Labute approximate surface area is 129 Å². The van der Waals surface area contributed by atoms with Gasteiger partial charge in [0.05, 0.1) is 9.83 Å². The van der Waals surface area contributed by atoms with Crippen LogP contribution in [0.4, 0.5) is 0 Å². The van der Waals surface area contributed by atoms with Gasteiger partial charge in [0, 0.05) is 9.35 Å². The normalized spacial score (nSPS) is 12.7. The zero-order valence-corrected chi connectivity index (χ0v) is 14.3. The third-order valence-corrected chi connectivity index (χ3v) is 4.83. The van der Waals surface area contributed by atoms with Gasteiger partial charge in [-0.05, 0) is 64.8 Å². The van der Waals surface area contributed by atoms with Crippen LogP contribution in [0, 0.1) is 6.92 Å². The minimum Gasteiger partial charge on any atom is -0.306 e. The number of hydrogen-bond donors (Lipinski definition) is 1. The van der Waals surface area contributed by atoms with Crippen LogP contribution in [-0.4, -0.2) is 6.54 Å². The van der Waals surface area contributed by atoms with Gasteiger partial charge in [-0.25, -0.2) is 0 Å². The highest BCUT2D eigenvalue weighted by atomic mass is 79.9. The van der Waals surface area contributed by atoms with E-state index < -0.39 is 0 Å². The van der Waals surface area contributed by atoms with Crippen LogP contribution in [0.5, 0.6) is 0 Å². The Morgan fingerprint density at radius 1 is 1.22 bits per heavy atom. The fraction of sp³-hybridized carbons (Fsp3) is 0.286. The molecular weight excluding hydrogens is 374 g/mol. The van der Waals surface area contributed by atoms with Crippen molar-refractivity contribution in [3.05, 3.63) is 54.6 Å². The van der Waals surface area contributed by atoms with Crippen molar-refractivity contribution in [2.45, 2.75) is 19.9 Å². The molecule has 0 radical (unpaired) electrons. The highest BCUT2D eigenvalue weighted by Gasteiger charge is 2.15. The van der Waals surface area contributed by atoms with Crippen LogP contribution in [0.1, 0.15) is 29.0 Å². The number of benzene rings is 1. The number of nitrogens with one attached hydrogen (secondary N) is 1. The van der Waals surface area contributed by atoms with E-state index >= 15 is 0 Å². The van der Waals surface area contributed by atoms with Crippen LogP contribution in [0.3, 0.4) is 0 Å². The Balaban J connectivity index is 2.40. The van der Waals surface area contributed by atoms with E-state index in [2.05, 4.69) is 81.4 Å². The zero-order chi connectivity index (χ0) is 13.1. The van der Waals surface area contributed by atoms with E-state index in [1.54, 1.807) is 11.3 Å². The summed E-state index contributed by atoms with van der Waals surface area (Å²) in [5.41, 5.74) is 2.58. The van der Waals surface area contributed by atoms with E-state index in [1.807, 2.05) is 0 Å². The number of thiophene rings is 1. The first-order chi connectivity index (χ1) is 8.60. The van der Waals surface area contributed by atoms with Gasteiger partial charge >= 0.3 is 0 Å². The average Bonchev–Trinajstić information content (AvgIpc) is 2.71. The molecule has 2 aromatic rings. The maximum absolute atomic E-state index is 3.58. The molecular formula is C14H15Br2NS.